The number of isocyanates is 1. The van der Waals surface area contributed by atoms with Crippen LogP contribution in [0.15, 0.2) is 29.4 Å². The highest BCUT2D eigenvalue weighted by Crippen LogP contribution is 2.50. The molecule has 2 aromatic rings. The largest absolute Gasteiger partial charge is 0.496 e. The van der Waals surface area contributed by atoms with E-state index in [9.17, 15) is 4.79 Å². The molecule has 0 aliphatic heterocycles. The van der Waals surface area contributed by atoms with Gasteiger partial charge in [0.05, 0.1) is 7.11 Å². The van der Waals surface area contributed by atoms with Crippen molar-refractivity contribution in [1.29, 1.82) is 0 Å². The Balaban J connectivity index is 2.33. The third-order valence-electron chi connectivity index (χ3n) is 4.15. The van der Waals surface area contributed by atoms with Crippen molar-refractivity contribution in [3.05, 3.63) is 30.0 Å². The van der Waals surface area contributed by atoms with Gasteiger partial charge in [0.1, 0.15) is 11.3 Å². The summed E-state index contributed by atoms with van der Waals surface area (Å²) in [6.45, 7) is 0. The van der Waals surface area contributed by atoms with E-state index in [4.69, 9.17) is 4.74 Å². The van der Waals surface area contributed by atoms with Crippen molar-refractivity contribution in [2.24, 2.45) is 12.0 Å². The van der Waals surface area contributed by atoms with Crippen LogP contribution in [-0.4, -0.2) is 17.8 Å². The van der Waals surface area contributed by atoms with Gasteiger partial charge in [-0.05, 0) is 37.5 Å². The van der Waals surface area contributed by atoms with Crippen LogP contribution in [0.5, 0.6) is 5.75 Å². The number of methoxy groups -OCH3 is 1. The molecule has 0 bridgehead atoms. The summed E-state index contributed by atoms with van der Waals surface area (Å²) < 4.78 is 7.56. The average molecular weight is 256 g/mol. The third-order valence-corrected chi connectivity index (χ3v) is 4.15. The average Bonchev–Trinajstić information content (AvgIpc) is 2.75. The van der Waals surface area contributed by atoms with Gasteiger partial charge in [0.25, 0.3) is 0 Å². The van der Waals surface area contributed by atoms with Gasteiger partial charge in [-0.25, -0.2) is 4.79 Å². The summed E-state index contributed by atoms with van der Waals surface area (Å²) in [4.78, 5) is 14.9. The lowest BCUT2D eigenvalue weighted by molar-refractivity contribution is 0.248. The van der Waals surface area contributed by atoms with Gasteiger partial charge in [-0.1, -0.05) is 0 Å². The smallest absolute Gasteiger partial charge is 0.235 e. The summed E-state index contributed by atoms with van der Waals surface area (Å²) in [7, 11) is 3.67. The molecule has 0 N–H and O–H groups in total. The van der Waals surface area contributed by atoms with E-state index in [0.717, 1.165) is 41.5 Å². The normalized spacial score (nSPS) is 16.7. The molecule has 0 radical (unpaired) electrons. The molecule has 3 rings (SSSR count). The number of aryl methyl sites for hydroxylation is 1. The minimum atomic E-state index is -0.437. The Morgan fingerprint density at radius 1 is 1.37 bits per heavy atom. The van der Waals surface area contributed by atoms with Crippen LogP contribution in [0.1, 0.15) is 24.8 Å². The number of fused-ring (bicyclic) bond motifs is 1. The summed E-state index contributed by atoms with van der Waals surface area (Å²) in [6, 6.07) is 6.06. The highest BCUT2D eigenvalue weighted by molar-refractivity contribution is 5.87. The van der Waals surface area contributed by atoms with Crippen LogP contribution < -0.4 is 4.74 Å². The minimum absolute atomic E-state index is 0.437. The Kier molecular flexibility index (Phi) is 2.68. The van der Waals surface area contributed by atoms with Crippen molar-refractivity contribution >= 4 is 17.0 Å². The van der Waals surface area contributed by atoms with E-state index in [2.05, 4.69) is 15.6 Å². The quantitative estimate of drug-likeness (QED) is 0.626. The Morgan fingerprint density at radius 2 is 2.16 bits per heavy atom. The first kappa shape index (κ1) is 12.0. The minimum Gasteiger partial charge on any atom is -0.496 e. The maximum absolute atomic E-state index is 10.8. The zero-order valence-corrected chi connectivity index (χ0v) is 11.1. The Morgan fingerprint density at radius 3 is 2.74 bits per heavy atom. The number of ether oxygens (including phenoxy) is 1. The van der Waals surface area contributed by atoms with E-state index in [-0.39, 0.29) is 0 Å². The van der Waals surface area contributed by atoms with Gasteiger partial charge < -0.3 is 9.30 Å². The van der Waals surface area contributed by atoms with Crippen molar-refractivity contribution in [3.8, 4) is 5.75 Å². The maximum atomic E-state index is 10.8. The molecule has 4 heteroatoms. The predicted molar refractivity (Wildman–Crippen MR) is 73.1 cm³/mol. The fourth-order valence-electron chi connectivity index (χ4n) is 3.00. The molecule has 1 aliphatic carbocycles. The molecule has 1 fully saturated rings. The Labute approximate surface area is 111 Å². The molecule has 19 heavy (non-hydrogen) atoms. The van der Waals surface area contributed by atoms with Crippen LogP contribution in [0, 0.1) is 0 Å². The lowest BCUT2D eigenvalue weighted by Gasteiger charge is -2.38. The fourth-order valence-corrected chi connectivity index (χ4v) is 3.00. The second kappa shape index (κ2) is 4.25. The molecule has 4 nitrogen and oxygen atoms in total. The highest BCUT2D eigenvalue weighted by Gasteiger charge is 2.42. The molecule has 0 spiro atoms. The van der Waals surface area contributed by atoms with Crippen molar-refractivity contribution in [3.63, 3.8) is 0 Å². The molecule has 0 unspecified atom stereocenters. The number of hydrogen-bond acceptors (Lipinski definition) is 3. The third kappa shape index (κ3) is 1.60. The van der Waals surface area contributed by atoms with E-state index in [1.165, 1.54) is 0 Å². The number of hydrogen-bond donors (Lipinski definition) is 0. The van der Waals surface area contributed by atoms with Gasteiger partial charge in [0.15, 0.2) is 0 Å². The first-order valence-electron chi connectivity index (χ1n) is 6.43. The summed E-state index contributed by atoms with van der Waals surface area (Å²) >= 11 is 0. The van der Waals surface area contributed by atoms with Crippen molar-refractivity contribution in [2.45, 2.75) is 24.8 Å². The first-order valence-corrected chi connectivity index (χ1v) is 6.43. The van der Waals surface area contributed by atoms with Crippen LogP contribution in [0.3, 0.4) is 0 Å². The zero-order chi connectivity index (χ0) is 13.5. The van der Waals surface area contributed by atoms with E-state index < -0.39 is 5.54 Å². The molecule has 98 valence electrons. The molecular weight excluding hydrogens is 240 g/mol. The number of rotatable bonds is 3. The van der Waals surface area contributed by atoms with Gasteiger partial charge in [-0.15, -0.1) is 0 Å². The summed E-state index contributed by atoms with van der Waals surface area (Å²) in [5.74, 6) is 0.803. The van der Waals surface area contributed by atoms with E-state index in [0.29, 0.717) is 0 Å². The van der Waals surface area contributed by atoms with Crippen molar-refractivity contribution in [2.75, 3.05) is 7.11 Å². The molecule has 1 aromatic heterocycles. The second-order valence-corrected chi connectivity index (χ2v) is 5.09. The molecule has 1 aromatic carbocycles. The Hall–Kier alpha value is -2.06. The van der Waals surface area contributed by atoms with Crippen LogP contribution in [-0.2, 0) is 17.4 Å². The highest BCUT2D eigenvalue weighted by atomic mass is 16.5. The molecule has 1 heterocycles. The van der Waals surface area contributed by atoms with Crippen molar-refractivity contribution < 1.29 is 9.53 Å². The summed E-state index contributed by atoms with van der Waals surface area (Å²) in [5.41, 5.74) is 1.72. The van der Waals surface area contributed by atoms with E-state index in [1.54, 1.807) is 13.2 Å². The van der Waals surface area contributed by atoms with Gasteiger partial charge in [-0.3, -0.25) is 0 Å². The van der Waals surface area contributed by atoms with Crippen LogP contribution >= 0.6 is 0 Å². The molecule has 1 saturated carbocycles. The lowest BCUT2D eigenvalue weighted by Crippen LogP contribution is -2.32. The standard InChI is InChI=1S/C15H16N2O2/c1-17-9-6-11-12(17)4-5-13(19-2)14(11)15(16-10-18)7-3-8-15/h4-6,9H,3,7-8H2,1-2H3. The molecular formula is C15H16N2O2. The topological polar surface area (TPSA) is 43.6 Å². The number of benzene rings is 1. The van der Waals surface area contributed by atoms with Gasteiger partial charge in [0, 0.05) is 29.7 Å². The van der Waals surface area contributed by atoms with Crippen LogP contribution in [0.2, 0.25) is 0 Å². The van der Waals surface area contributed by atoms with Crippen LogP contribution in [0.4, 0.5) is 0 Å². The lowest BCUT2D eigenvalue weighted by atomic mass is 9.71. The van der Waals surface area contributed by atoms with E-state index in [1.807, 2.05) is 25.4 Å². The van der Waals surface area contributed by atoms with Crippen LogP contribution in [0.25, 0.3) is 10.9 Å². The van der Waals surface area contributed by atoms with E-state index >= 15 is 0 Å². The molecule has 0 atom stereocenters. The Bertz CT molecular complexity index is 677. The SMILES string of the molecule is COc1ccc2c(ccn2C)c1C1(N=C=O)CCC1. The first-order chi connectivity index (χ1) is 9.22. The summed E-state index contributed by atoms with van der Waals surface area (Å²) in [5, 5.41) is 1.11. The number of nitrogens with zero attached hydrogens (tertiary/aromatic N) is 2. The zero-order valence-electron chi connectivity index (χ0n) is 11.1. The molecule has 1 aliphatic rings. The van der Waals surface area contributed by atoms with Gasteiger partial charge in [-0.2, -0.15) is 4.99 Å². The summed E-state index contributed by atoms with van der Waals surface area (Å²) in [6.07, 6.45) is 6.61. The molecule has 0 saturated heterocycles. The monoisotopic (exact) mass is 256 g/mol. The number of aliphatic imine (C=N–C) groups is 1. The van der Waals surface area contributed by atoms with Crippen molar-refractivity contribution in [1.82, 2.24) is 4.57 Å². The second-order valence-electron chi connectivity index (χ2n) is 5.09. The van der Waals surface area contributed by atoms with Gasteiger partial charge >= 0.3 is 0 Å². The maximum Gasteiger partial charge on any atom is 0.235 e. The molecule has 0 amide bonds. The number of aromatic nitrogens is 1. The predicted octanol–water partition coefficient (Wildman–Crippen LogP) is 2.90. The fraction of sp³-hybridized carbons (Fsp3) is 0.400. The van der Waals surface area contributed by atoms with Gasteiger partial charge in [0.2, 0.25) is 6.08 Å². The number of carbonyl (C=O) groups excluding carboxylic acids is 1.